The van der Waals surface area contributed by atoms with Crippen LogP contribution in [-0.2, 0) is 25.6 Å². The summed E-state index contributed by atoms with van der Waals surface area (Å²) in [7, 11) is 6.63. The summed E-state index contributed by atoms with van der Waals surface area (Å²) in [5.74, 6) is 2.53. The second kappa shape index (κ2) is 43.7. The molecule has 0 spiro atoms. The number of aromatic nitrogens is 10. The van der Waals surface area contributed by atoms with Crippen molar-refractivity contribution < 1.29 is 51.6 Å². The zero-order valence-corrected chi connectivity index (χ0v) is 71.4. The molecule has 18 rings (SSSR count). The first kappa shape index (κ1) is 88.8. The molecule has 2 aliphatic rings. The Balaban J connectivity index is 0.000000131. The van der Waals surface area contributed by atoms with E-state index in [1.165, 1.54) is 29.2 Å². The lowest BCUT2D eigenvalue weighted by Crippen LogP contribution is -2.32. The number of nitrogen functional groups attached to an aromatic ring is 1. The summed E-state index contributed by atoms with van der Waals surface area (Å²) in [6.45, 7) is 3.25. The first-order chi connectivity index (χ1) is 63.0. The molecule has 129 heavy (non-hydrogen) atoms. The summed E-state index contributed by atoms with van der Waals surface area (Å²) in [5, 5.41) is 48.6. The molecule has 16 aromatic rings. The maximum Gasteiger partial charge on any atom is 0.260 e. The summed E-state index contributed by atoms with van der Waals surface area (Å²) in [6.07, 6.45) is 4.56. The van der Waals surface area contributed by atoms with Crippen molar-refractivity contribution >= 4 is 35.0 Å². The lowest BCUT2D eigenvalue weighted by atomic mass is 10.1. The molecule has 2 fully saturated rings. The van der Waals surface area contributed by atoms with Crippen LogP contribution in [0, 0.1) is 23.0 Å². The molecular formula is C102H94F2N16O9. The predicted octanol–water partition coefficient (Wildman–Crippen LogP) is 19.1. The standard InChI is InChI=1S/C24H21N3O2.C22H20N4O2.C21H20FN3O2.C19H18FN3O2.C16H15N3O/c1-29-23-15-19(25-24(28)14-17-8-4-2-5-9-17)12-13-20(23)22-16-21(26-27-22)18-10-6-3-7-11-18;23-14-16-7-9-17(10-8-16)19-13-20(25-24-19)18-5-1-2-6-21(18)28-15-22(27)26-11-3-4-12-26;22-16-7-5-6-15(12-16)18-13-19(24-23-18)17-8-1-2-9-20(17)27-14-21(26)25-10-3-4-11-25;1-23(2)19(24)12-25-18-9-4-3-8-15(18)17-11-16(21-22-17)13-6-5-7-14(20)10-13;1-20-16-5-3-2-4-13(16)15-10-14(18-19-15)11-6-8-12(17)9-7-11/h2-13,15-16H,14H2,1H3,(H,25,28)(H,26,27);1-2,5-10,13H,3-4,11-12,15H2,(H,24,25);1-2,5-9,12-13H,3-4,10-11,14H2,(H,23,24);3-11H,12H2,1-2H3,(H,21,22);2-10H,17H2,1H3,(H,18,19). The highest BCUT2D eigenvalue weighted by Gasteiger charge is 2.23. The van der Waals surface area contributed by atoms with Gasteiger partial charge in [-0.05, 0) is 171 Å². The number of carbonyl (C=O) groups is 4. The fourth-order valence-corrected chi connectivity index (χ4v) is 14.3. The molecule has 11 aromatic carbocycles. The van der Waals surface area contributed by atoms with E-state index >= 15 is 0 Å². The molecule has 7 heterocycles. The maximum absolute atomic E-state index is 13.5. The van der Waals surface area contributed by atoms with Gasteiger partial charge in [-0.15, -0.1) is 0 Å². The number of nitrogens with two attached hydrogens (primary N) is 1. The summed E-state index contributed by atoms with van der Waals surface area (Å²) >= 11 is 0. The molecule has 0 aliphatic carbocycles. The Morgan fingerprint density at radius 3 is 1.15 bits per heavy atom. The van der Waals surface area contributed by atoms with E-state index in [0.29, 0.717) is 63.2 Å². The average molecular weight is 1730 g/mol. The quantitative estimate of drug-likeness (QED) is 0.0276. The molecule has 0 radical (unpaired) electrons. The lowest BCUT2D eigenvalue weighted by Gasteiger charge is -2.16. The molecule has 5 aromatic heterocycles. The third-order valence-corrected chi connectivity index (χ3v) is 21.1. The zero-order valence-electron chi connectivity index (χ0n) is 71.4. The number of hydrogen-bond donors (Lipinski definition) is 7. The van der Waals surface area contributed by atoms with Crippen molar-refractivity contribution in [1.82, 2.24) is 65.7 Å². The van der Waals surface area contributed by atoms with Crippen LogP contribution in [0.5, 0.6) is 28.7 Å². The number of H-pyrrole nitrogens is 5. The van der Waals surface area contributed by atoms with E-state index in [9.17, 15) is 28.0 Å². The van der Waals surface area contributed by atoms with Crippen LogP contribution in [0.2, 0.25) is 0 Å². The van der Waals surface area contributed by atoms with E-state index in [1.807, 2.05) is 246 Å². The summed E-state index contributed by atoms with van der Waals surface area (Å²) in [6, 6.07) is 94.7. The van der Waals surface area contributed by atoms with Crippen molar-refractivity contribution in [2.75, 3.05) is 85.4 Å². The number of rotatable bonds is 24. The van der Waals surface area contributed by atoms with E-state index in [0.717, 1.165) is 159 Å². The Kier molecular flexibility index (Phi) is 30.1. The number of para-hydroxylation sites is 4. The molecule has 0 unspecified atom stereocenters. The van der Waals surface area contributed by atoms with Crippen LogP contribution in [0.3, 0.4) is 0 Å². The number of nitriles is 1. The number of ether oxygens (including phenoxy) is 5. The summed E-state index contributed by atoms with van der Waals surface area (Å²) < 4.78 is 55.1. The Morgan fingerprint density at radius 2 is 0.744 bits per heavy atom. The van der Waals surface area contributed by atoms with Gasteiger partial charge < -0.3 is 49.4 Å². The Bertz CT molecular complexity index is 6470. The third kappa shape index (κ3) is 23.9. The van der Waals surface area contributed by atoms with Gasteiger partial charge in [0.15, 0.2) is 19.8 Å². The molecule has 2 saturated heterocycles. The minimum Gasteiger partial charge on any atom is -0.496 e. The van der Waals surface area contributed by atoms with Gasteiger partial charge in [0.25, 0.3) is 17.7 Å². The van der Waals surface area contributed by atoms with Crippen molar-refractivity contribution in [2.45, 2.75) is 32.1 Å². The largest absolute Gasteiger partial charge is 0.496 e. The number of nitrogens with one attached hydrogen (secondary N) is 6. The summed E-state index contributed by atoms with van der Waals surface area (Å²) in [4.78, 5) is 53.7. The number of halogens is 2. The SMILES string of the molecule is CN(C)C(=O)COc1ccccc1-c1cc(-c2cccc(F)c2)n[nH]1.COc1cc(NC(=O)Cc2ccccc2)ccc1-c1cc(-c2ccccc2)n[nH]1.COc1ccccc1-c1cc(-c2ccc(N)cc2)n[nH]1.N#Cc1ccc(-c2cc(-c3ccccc3OCC(=O)N3CCCC3)[nH]n2)cc1.O=C(COc1ccccc1-c1cc(-c2cccc(F)c2)n[nH]1)N1CCCC1. The number of methoxy groups -OCH3 is 2. The molecule has 4 amide bonds. The zero-order chi connectivity index (χ0) is 89.8. The van der Waals surface area contributed by atoms with E-state index in [2.05, 4.69) is 62.4 Å². The predicted molar refractivity (Wildman–Crippen MR) is 495 cm³/mol. The number of nitrogens with zero attached hydrogens (tertiary/aromatic N) is 9. The van der Waals surface area contributed by atoms with Crippen LogP contribution in [0.25, 0.3) is 113 Å². The molecule has 0 saturated carbocycles. The van der Waals surface area contributed by atoms with Crippen molar-refractivity contribution in [3.05, 3.63) is 326 Å². The average Bonchev–Trinajstić information content (AvgIpc) is 1.69. The molecule has 0 bridgehead atoms. The molecule has 2 aliphatic heterocycles. The Hall–Kier alpha value is -16.5. The van der Waals surface area contributed by atoms with Crippen LogP contribution >= 0.6 is 0 Å². The van der Waals surface area contributed by atoms with E-state index in [-0.39, 0.29) is 55.1 Å². The first-order valence-corrected chi connectivity index (χ1v) is 41.8. The van der Waals surface area contributed by atoms with Crippen molar-refractivity contribution in [3.63, 3.8) is 0 Å². The van der Waals surface area contributed by atoms with Crippen LogP contribution in [0.1, 0.15) is 36.8 Å². The van der Waals surface area contributed by atoms with Gasteiger partial charge in [0.2, 0.25) is 5.91 Å². The molecule has 0 atom stereocenters. The van der Waals surface area contributed by atoms with Crippen LogP contribution in [0.15, 0.2) is 303 Å². The van der Waals surface area contributed by atoms with Crippen LogP contribution in [-0.4, -0.2) is 164 Å². The van der Waals surface area contributed by atoms with Gasteiger partial charge >= 0.3 is 0 Å². The molecule has 25 nitrogen and oxygen atoms in total. The molecule has 8 N–H and O–H groups in total. The van der Waals surface area contributed by atoms with E-state index in [4.69, 9.17) is 34.7 Å². The number of likely N-dealkylation sites (tertiary alicyclic amines) is 2. The monoisotopic (exact) mass is 1720 g/mol. The number of carbonyl (C=O) groups excluding carboxylic acids is 4. The fraction of sp³-hybridized carbons (Fsp3) is 0.157. The van der Waals surface area contributed by atoms with Gasteiger partial charge in [-0.1, -0.05) is 158 Å². The first-order valence-electron chi connectivity index (χ1n) is 41.8. The van der Waals surface area contributed by atoms with Gasteiger partial charge in [-0.2, -0.15) is 30.8 Å². The number of anilines is 2. The third-order valence-electron chi connectivity index (χ3n) is 21.1. The van der Waals surface area contributed by atoms with E-state index in [1.54, 1.807) is 70.8 Å². The number of likely N-dealkylation sites (N-methyl/N-ethyl adjacent to an activating group) is 1. The molecule has 27 heteroatoms. The number of aromatic amines is 5. The highest BCUT2D eigenvalue weighted by atomic mass is 19.1. The molecule has 650 valence electrons. The van der Waals surface area contributed by atoms with Gasteiger partial charge in [0.05, 0.1) is 89.2 Å². The van der Waals surface area contributed by atoms with E-state index < -0.39 is 0 Å². The highest BCUT2D eigenvalue weighted by molar-refractivity contribution is 5.93. The number of amides is 4. The number of hydrogen-bond acceptors (Lipinski definition) is 16. The highest BCUT2D eigenvalue weighted by Crippen LogP contribution is 2.38. The second-order valence-electron chi connectivity index (χ2n) is 30.2. The van der Waals surface area contributed by atoms with Crippen LogP contribution in [0.4, 0.5) is 20.2 Å². The van der Waals surface area contributed by atoms with Gasteiger partial charge in [-0.3, -0.25) is 44.7 Å². The normalized spacial score (nSPS) is 11.8. The Labute approximate surface area is 744 Å². The number of benzene rings is 11. The van der Waals surface area contributed by atoms with Crippen molar-refractivity contribution in [2.24, 2.45) is 0 Å². The van der Waals surface area contributed by atoms with Gasteiger partial charge in [0.1, 0.15) is 40.4 Å². The second-order valence-corrected chi connectivity index (χ2v) is 30.2. The van der Waals surface area contributed by atoms with Crippen molar-refractivity contribution in [3.8, 4) is 147 Å². The van der Waals surface area contributed by atoms with Crippen LogP contribution < -0.4 is 34.7 Å². The van der Waals surface area contributed by atoms with Crippen molar-refractivity contribution in [1.29, 1.82) is 5.26 Å². The maximum atomic E-state index is 13.5. The topological polar surface area (TPSA) is 329 Å². The smallest absolute Gasteiger partial charge is 0.260 e. The van der Waals surface area contributed by atoms with Gasteiger partial charge in [0, 0.05) is 113 Å². The van der Waals surface area contributed by atoms with Gasteiger partial charge in [-0.25, -0.2) is 8.78 Å². The lowest BCUT2D eigenvalue weighted by molar-refractivity contribution is -0.133. The minimum absolute atomic E-state index is 0.00682. The minimum atomic E-state index is -0.312. The summed E-state index contributed by atoms with van der Waals surface area (Å²) in [5.41, 5.74) is 25.2. The Morgan fingerprint density at radius 1 is 0.395 bits per heavy atom. The molecular weight excluding hydrogens is 1630 g/mol. The fourth-order valence-electron chi connectivity index (χ4n) is 14.3.